The predicted octanol–water partition coefficient (Wildman–Crippen LogP) is 2.35. The maximum absolute atomic E-state index is 5.70. The average Bonchev–Trinajstić information content (AvgIpc) is 2.74. The summed E-state index contributed by atoms with van der Waals surface area (Å²) in [5.74, 6) is 0.522. The van der Waals surface area contributed by atoms with E-state index in [-0.39, 0.29) is 0 Å². The second-order valence-electron chi connectivity index (χ2n) is 3.08. The van der Waals surface area contributed by atoms with E-state index in [9.17, 15) is 0 Å². The van der Waals surface area contributed by atoms with Gasteiger partial charge in [-0.15, -0.1) is 11.3 Å². The highest BCUT2D eigenvalue weighted by Gasteiger charge is 2.00. The van der Waals surface area contributed by atoms with Crippen LogP contribution in [0.4, 0.5) is 5.69 Å². The van der Waals surface area contributed by atoms with Crippen LogP contribution in [-0.4, -0.2) is 11.6 Å². The van der Waals surface area contributed by atoms with Gasteiger partial charge in [-0.1, -0.05) is 6.07 Å². The highest BCUT2D eigenvalue weighted by Crippen LogP contribution is 2.16. The number of aromatic nitrogens is 1. The van der Waals surface area contributed by atoms with Crippen LogP contribution in [0.15, 0.2) is 35.8 Å². The molecule has 2 rings (SSSR count). The zero-order valence-electron chi connectivity index (χ0n) is 8.22. The lowest BCUT2D eigenvalue weighted by molar-refractivity contribution is 0.312. The highest BCUT2D eigenvalue weighted by molar-refractivity contribution is 7.09. The first kappa shape index (κ1) is 9.98. The molecule has 2 N–H and O–H groups in total. The summed E-state index contributed by atoms with van der Waals surface area (Å²) < 4.78 is 5.48. The van der Waals surface area contributed by atoms with Gasteiger partial charge in [0.15, 0.2) is 0 Å². The number of anilines is 1. The van der Waals surface area contributed by atoms with Gasteiger partial charge in [-0.25, -0.2) is 4.98 Å². The summed E-state index contributed by atoms with van der Waals surface area (Å²) >= 11 is 1.73. The molecule has 0 radical (unpaired) electrons. The van der Waals surface area contributed by atoms with Crippen LogP contribution in [0.1, 0.15) is 4.88 Å². The number of hydrogen-bond donors (Lipinski definition) is 1. The molecule has 3 nitrogen and oxygen atoms in total. The van der Waals surface area contributed by atoms with E-state index in [1.54, 1.807) is 29.7 Å². The third-order valence-electron chi connectivity index (χ3n) is 1.97. The molecule has 0 amide bonds. The molecule has 2 aromatic heterocycles. The second-order valence-corrected chi connectivity index (χ2v) is 4.11. The van der Waals surface area contributed by atoms with Crippen molar-refractivity contribution < 1.29 is 4.74 Å². The quantitative estimate of drug-likeness (QED) is 0.860. The van der Waals surface area contributed by atoms with Gasteiger partial charge in [0.2, 0.25) is 5.88 Å². The van der Waals surface area contributed by atoms with Crippen molar-refractivity contribution in [1.29, 1.82) is 0 Å². The van der Waals surface area contributed by atoms with E-state index in [1.165, 1.54) is 4.88 Å². The van der Waals surface area contributed by atoms with Gasteiger partial charge in [-0.05, 0) is 23.6 Å². The SMILES string of the molecule is Nc1cccnc1OCCc1cccs1. The number of thiophene rings is 1. The fourth-order valence-corrected chi connectivity index (χ4v) is 1.92. The van der Waals surface area contributed by atoms with Crippen LogP contribution >= 0.6 is 11.3 Å². The molecule has 4 heteroatoms. The molecule has 2 heterocycles. The molecule has 0 atom stereocenters. The Kier molecular flexibility index (Phi) is 3.19. The first-order valence-electron chi connectivity index (χ1n) is 4.72. The van der Waals surface area contributed by atoms with Gasteiger partial charge in [0.05, 0.1) is 12.3 Å². The molecule has 0 spiro atoms. The van der Waals surface area contributed by atoms with Crippen molar-refractivity contribution in [2.24, 2.45) is 0 Å². The molecular formula is C11H12N2OS. The highest BCUT2D eigenvalue weighted by atomic mass is 32.1. The number of nitrogen functional groups attached to an aromatic ring is 1. The third-order valence-corrected chi connectivity index (χ3v) is 2.90. The smallest absolute Gasteiger partial charge is 0.237 e. The Labute approximate surface area is 92.5 Å². The standard InChI is InChI=1S/C11H12N2OS/c12-10-4-1-6-13-11(10)14-7-5-9-3-2-8-15-9/h1-4,6,8H,5,7,12H2. The Hall–Kier alpha value is -1.55. The van der Waals surface area contributed by atoms with Crippen molar-refractivity contribution in [2.75, 3.05) is 12.3 Å². The summed E-state index contributed by atoms with van der Waals surface area (Å²) in [7, 11) is 0. The van der Waals surface area contributed by atoms with Gasteiger partial charge in [0, 0.05) is 17.5 Å². The summed E-state index contributed by atoms with van der Waals surface area (Å²) in [5, 5.41) is 2.06. The molecule has 0 saturated carbocycles. The molecule has 78 valence electrons. The number of ether oxygens (including phenoxy) is 1. The van der Waals surface area contributed by atoms with Gasteiger partial charge < -0.3 is 10.5 Å². The number of hydrogen-bond acceptors (Lipinski definition) is 4. The first-order valence-corrected chi connectivity index (χ1v) is 5.60. The van der Waals surface area contributed by atoms with Crippen LogP contribution in [0.3, 0.4) is 0 Å². The summed E-state index contributed by atoms with van der Waals surface area (Å²) in [4.78, 5) is 5.36. The number of pyridine rings is 1. The molecule has 0 unspecified atom stereocenters. The molecule has 15 heavy (non-hydrogen) atoms. The van der Waals surface area contributed by atoms with Gasteiger partial charge in [-0.2, -0.15) is 0 Å². The topological polar surface area (TPSA) is 48.1 Å². The first-order chi connectivity index (χ1) is 7.36. The number of rotatable bonds is 4. The van der Waals surface area contributed by atoms with E-state index >= 15 is 0 Å². The van der Waals surface area contributed by atoms with Crippen molar-refractivity contribution in [3.8, 4) is 5.88 Å². The lowest BCUT2D eigenvalue weighted by Crippen LogP contribution is -2.03. The minimum absolute atomic E-state index is 0.522. The lowest BCUT2D eigenvalue weighted by Gasteiger charge is -2.05. The van der Waals surface area contributed by atoms with Gasteiger partial charge in [-0.3, -0.25) is 0 Å². The summed E-state index contributed by atoms with van der Waals surface area (Å²) in [6.45, 7) is 0.613. The maximum Gasteiger partial charge on any atom is 0.237 e. The molecular weight excluding hydrogens is 208 g/mol. The fourth-order valence-electron chi connectivity index (χ4n) is 1.23. The zero-order valence-corrected chi connectivity index (χ0v) is 9.04. The maximum atomic E-state index is 5.70. The fraction of sp³-hybridized carbons (Fsp3) is 0.182. The number of nitrogens with two attached hydrogens (primary N) is 1. The van der Waals surface area contributed by atoms with E-state index in [1.807, 2.05) is 6.07 Å². The van der Waals surface area contributed by atoms with E-state index in [0.717, 1.165) is 6.42 Å². The van der Waals surface area contributed by atoms with Crippen LogP contribution in [-0.2, 0) is 6.42 Å². The van der Waals surface area contributed by atoms with E-state index in [0.29, 0.717) is 18.2 Å². The summed E-state index contributed by atoms with van der Waals surface area (Å²) in [6, 6.07) is 7.71. The molecule has 0 aliphatic heterocycles. The summed E-state index contributed by atoms with van der Waals surface area (Å²) in [6.07, 6.45) is 2.57. The predicted molar refractivity (Wildman–Crippen MR) is 62.2 cm³/mol. The Morgan fingerprint density at radius 1 is 1.33 bits per heavy atom. The monoisotopic (exact) mass is 220 g/mol. The third kappa shape index (κ3) is 2.70. The Bertz CT molecular complexity index is 414. The van der Waals surface area contributed by atoms with Crippen molar-refractivity contribution in [3.05, 3.63) is 40.7 Å². The Balaban J connectivity index is 1.86. The number of nitrogens with zero attached hydrogens (tertiary/aromatic N) is 1. The van der Waals surface area contributed by atoms with E-state index in [4.69, 9.17) is 10.5 Å². The Morgan fingerprint density at radius 2 is 2.27 bits per heavy atom. The van der Waals surface area contributed by atoms with E-state index < -0.39 is 0 Å². The minimum atomic E-state index is 0.522. The molecule has 0 aliphatic rings. The van der Waals surface area contributed by atoms with Crippen molar-refractivity contribution in [3.63, 3.8) is 0 Å². The van der Waals surface area contributed by atoms with Crippen LogP contribution in [0.5, 0.6) is 5.88 Å². The molecule has 0 fully saturated rings. The normalized spacial score (nSPS) is 10.1. The molecule has 0 saturated heterocycles. The minimum Gasteiger partial charge on any atom is -0.476 e. The second kappa shape index (κ2) is 4.79. The molecule has 0 bridgehead atoms. The van der Waals surface area contributed by atoms with E-state index in [2.05, 4.69) is 16.4 Å². The van der Waals surface area contributed by atoms with Crippen LogP contribution in [0.2, 0.25) is 0 Å². The van der Waals surface area contributed by atoms with Crippen molar-refractivity contribution in [2.45, 2.75) is 6.42 Å². The zero-order chi connectivity index (χ0) is 10.5. The van der Waals surface area contributed by atoms with Crippen LogP contribution < -0.4 is 10.5 Å². The average molecular weight is 220 g/mol. The lowest BCUT2D eigenvalue weighted by atomic mass is 10.3. The van der Waals surface area contributed by atoms with Gasteiger partial charge in [0.25, 0.3) is 0 Å². The molecule has 0 aliphatic carbocycles. The Morgan fingerprint density at radius 3 is 3.00 bits per heavy atom. The largest absolute Gasteiger partial charge is 0.476 e. The molecule has 0 aromatic carbocycles. The summed E-state index contributed by atoms with van der Waals surface area (Å²) in [5.41, 5.74) is 6.28. The van der Waals surface area contributed by atoms with Crippen molar-refractivity contribution >= 4 is 17.0 Å². The molecule has 2 aromatic rings. The van der Waals surface area contributed by atoms with Crippen LogP contribution in [0, 0.1) is 0 Å². The van der Waals surface area contributed by atoms with Crippen molar-refractivity contribution in [1.82, 2.24) is 4.98 Å². The van der Waals surface area contributed by atoms with Gasteiger partial charge in [0.1, 0.15) is 0 Å². The van der Waals surface area contributed by atoms with Crippen LogP contribution in [0.25, 0.3) is 0 Å². The van der Waals surface area contributed by atoms with Gasteiger partial charge >= 0.3 is 0 Å².